The van der Waals surface area contributed by atoms with Gasteiger partial charge < -0.3 is 15.1 Å². The van der Waals surface area contributed by atoms with E-state index in [4.69, 9.17) is 4.42 Å². The first-order valence-corrected chi connectivity index (χ1v) is 9.05. The fraction of sp³-hybridized carbons (Fsp3) is 0.300. The third-order valence-electron chi connectivity index (χ3n) is 4.34. The van der Waals surface area contributed by atoms with E-state index in [9.17, 15) is 14.4 Å². The number of carbonyl (C=O) groups is 2. The topological polar surface area (TPSA) is 106 Å². The van der Waals surface area contributed by atoms with Crippen molar-refractivity contribution < 1.29 is 14.0 Å². The van der Waals surface area contributed by atoms with Crippen molar-refractivity contribution in [3.63, 3.8) is 0 Å². The number of hydrogen-bond donors (Lipinski definition) is 2. The number of rotatable bonds is 8. The van der Waals surface area contributed by atoms with Gasteiger partial charge in [0.2, 0.25) is 11.8 Å². The SMILES string of the molecule is Cc1cccc2c(=O)n(CCCC(=O)NCC(=O)NCc3ccco3)cnc12. The molecule has 146 valence electrons. The number of nitrogens with zero attached hydrogens (tertiary/aromatic N) is 2. The zero-order valence-corrected chi connectivity index (χ0v) is 15.6. The number of furan rings is 1. The zero-order chi connectivity index (χ0) is 19.9. The minimum absolute atomic E-state index is 0.101. The van der Waals surface area contributed by atoms with Crippen LogP contribution in [0.5, 0.6) is 0 Å². The first kappa shape index (κ1) is 19.3. The Morgan fingerprint density at radius 3 is 2.79 bits per heavy atom. The molecule has 0 aliphatic carbocycles. The third-order valence-corrected chi connectivity index (χ3v) is 4.34. The van der Waals surface area contributed by atoms with Crippen molar-refractivity contribution in [3.8, 4) is 0 Å². The summed E-state index contributed by atoms with van der Waals surface area (Å²) in [5, 5.41) is 5.79. The molecular weight excluding hydrogens is 360 g/mol. The number of nitrogens with one attached hydrogen (secondary N) is 2. The predicted molar refractivity (Wildman–Crippen MR) is 104 cm³/mol. The van der Waals surface area contributed by atoms with Crippen molar-refractivity contribution in [1.29, 1.82) is 0 Å². The van der Waals surface area contributed by atoms with Crippen molar-refractivity contribution >= 4 is 22.7 Å². The number of para-hydroxylation sites is 1. The van der Waals surface area contributed by atoms with Crippen LogP contribution in [-0.2, 0) is 22.7 Å². The second-order valence-electron chi connectivity index (χ2n) is 6.45. The van der Waals surface area contributed by atoms with Gasteiger partial charge in [-0.25, -0.2) is 4.98 Å². The molecule has 0 aliphatic heterocycles. The maximum Gasteiger partial charge on any atom is 0.261 e. The van der Waals surface area contributed by atoms with Crippen molar-refractivity contribution in [2.75, 3.05) is 6.54 Å². The molecule has 1 aromatic carbocycles. The molecule has 8 heteroatoms. The Kier molecular flexibility index (Phi) is 6.21. The van der Waals surface area contributed by atoms with Gasteiger partial charge in [-0.3, -0.25) is 19.0 Å². The molecule has 0 radical (unpaired) electrons. The minimum Gasteiger partial charge on any atom is -0.467 e. The Morgan fingerprint density at radius 1 is 1.14 bits per heavy atom. The molecule has 3 rings (SSSR count). The number of aryl methyl sites for hydroxylation is 2. The Morgan fingerprint density at radius 2 is 2.00 bits per heavy atom. The molecule has 0 saturated heterocycles. The van der Waals surface area contributed by atoms with E-state index in [1.165, 1.54) is 17.2 Å². The summed E-state index contributed by atoms with van der Waals surface area (Å²) in [7, 11) is 0. The average Bonchev–Trinajstić information content (AvgIpc) is 3.21. The van der Waals surface area contributed by atoms with E-state index < -0.39 is 0 Å². The molecule has 0 saturated carbocycles. The lowest BCUT2D eigenvalue weighted by molar-refractivity contribution is -0.126. The van der Waals surface area contributed by atoms with Crippen LogP contribution in [0, 0.1) is 6.92 Å². The molecular formula is C20H22N4O4. The van der Waals surface area contributed by atoms with Crippen LogP contribution in [0.1, 0.15) is 24.2 Å². The Labute approximate surface area is 161 Å². The number of fused-ring (bicyclic) bond motifs is 1. The van der Waals surface area contributed by atoms with Gasteiger partial charge in [0.05, 0.1) is 36.6 Å². The third kappa shape index (κ3) is 4.85. The predicted octanol–water partition coefficient (Wildman–Crippen LogP) is 1.51. The zero-order valence-electron chi connectivity index (χ0n) is 15.6. The van der Waals surface area contributed by atoms with Gasteiger partial charge in [0.15, 0.2) is 0 Å². The molecule has 0 spiro atoms. The summed E-state index contributed by atoms with van der Waals surface area (Å²) in [6, 6.07) is 8.98. The Bertz CT molecular complexity index is 1020. The van der Waals surface area contributed by atoms with E-state index in [0.29, 0.717) is 29.6 Å². The fourth-order valence-electron chi connectivity index (χ4n) is 2.84. The molecule has 2 aromatic heterocycles. The minimum atomic E-state index is -0.296. The molecule has 3 aromatic rings. The van der Waals surface area contributed by atoms with Gasteiger partial charge in [-0.15, -0.1) is 0 Å². The van der Waals surface area contributed by atoms with E-state index in [0.717, 1.165) is 5.56 Å². The van der Waals surface area contributed by atoms with Gasteiger partial charge in [-0.05, 0) is 37.1 Å². The molecule has 0 fully saturated rings. The van der Waals surface area contributed by atoms with Gasteiger partial charge in [-0.1, -0.05) is 12.1 Å². The summed E-state index contributed by atoms with van der Waals surface area (Å²) in [5.74, 6) is 0.102. The Balaban J connectivity index is 1.43. The van der Waals surface area contributed by atoms with Crippen molar-refractivity contribution in [1.82, 2.24) is 20.2 Å². The number of aromatic nitrogens is 2. The quantitative estimate of drug-likeness (QED) is 0.614. The van der Waals surface area contributed by atoms with Crippen LogP contribution in [0.25, 0.3) is 10.9 Å². The monoisotopic (exact) mass is 382 g/mol. The maximum absolute atomic E-state index is 12.5. The average molecular weight is 382 g/mol. The van der Waals surface area contributed by atoms with E-state index >= 15 is 0 Å². The highest BCUT2D eigenvalue weighted by atomic mass is 16.3. The number of benzene rings is 1. The molecule has 2 amide bonds. The smallest absolute Gasteiger partial charge is 0.261 e. The van der Waals surface area contributed by atoms with Crippen LogP contribution in [0.4, 0.5) is 0 Å². The highest BCUT2D eigenvalue weighted by Gasteiger charge is 2.08. The summed E-state index contributed by atoms with van der Waals surface area (Å²) in [4.78, 5) is 40.5. The van der Waals surface area contributed by atoms with Gasteiger partial charge in [0, 0.05) is 13.0 Å². The molecule has 0 unspecified atom stereocenters. The maximum atomic E-state index is 12.5. The van der Waals surface area contributed by atoms with Crippen LogP contribution in [0.15, 0.2) is 52.1 Å². The van der Waals surface area contributed by atoms with Crippen LogP contribution < -0.4 is 16.2 Å². The van der Waals surface area contributed by atoms with Gasteiger partial charge >= 0.3 is 0 Å². The molecule has 0 atom stereocenters. The molecule has 2 heterocycles. The molecule has 0 aliphatic rings. The highest BCUT2D eigenvalue weighted by Crippen LogP contribution is 2.11. The van der Waals surface area contributed by atoms with E-state index in [1.807, 2.05) is 19.1 Å². The molecule has 2 N–H and O–H groups in total. The number of carbonyl (C=O) groups excluding carboxylic acids is 2. The second-order valence-corrected chi connectivity index (χ2v) is 6.45. The summed E-state index contributed by atoms with van der Waals surface area (Å²) >= 11 is 0. The van der Waals surface area contributed by atoms with Crippen LogP contribution in [-0.4, -0.2) is 27.9 Å². The van der Waals surface area contributed by atoms with Gasteiger partial charge in [0.25, 0.3) is 5.56 Å². The van der Waals surface area contributed by atoms with E-state index in [1.54, 1.807) is 18.2 Å². The van der Waals surface area contributed by atoms with Crippen molar-refractivity contribution in [2.45, 2.75) is 32.9 Å². The lowest BCUT2D eigenvalue weighted by atomic mass is 10.1. The van der Waals surface area contributed by atoms with E-state index in [-0.39, 0.29) is 36.9 Å². The lowest BCUT2D eigenvalue weighted by Gasteiger charge is -2.08. The Hall–Kier alpha value is -3.42. The number of hydrogen-bond acceptors (Lipinski definition) is 5. The van der Waals surface area contributed by atoms with Crippen LogP contribution in [0.2, 0.25) is 0 Å². The lowest BCUT2D eigenvalue weighted by Crippen LogP contribution is -2.36. The standard InChI is InChI=1S/C20H22N4O4/c1-14-5-2-7-16-19(14)23-13-24(20(16)27)9-3-8-17(25)22-12-18(26)21-11-15-6-4-10-28-15/h2,4-7,10,13H,3,8-9,11-12H2,1H3,(H,21,26)(H,22,25). The first-order chi connectivity index (χ1) is 13.5. The first-order valence-electron chi connectivity index (χ1n) is 9.05. The van der Waals surface area contributed by atoms with Gasteiger partial charge in [0.1, 0.15) is 5.76 Å². The van der Waals surface area contributed by atoms with Crippen LogP contribution in [0.3, 0.4) is 0 Å². The summed E-state index contributed by atoms with van der Waals surface area (Å²) < 4.78 is 6.62. The summed E-state index contributed by atoms with van der Waals surface area (Å²) in [6.07, 6.45) is 3.72. The van der Waals surface area contributed by atoms with Crippen LogP contribution >= 0.6 is 0 Å². The molecule has 0 bridgehead atoms. The van der Waals surface area contributed by atoms with E-state index in [2.05, 4.69) is 15.6 Å². The highest BCUT2D eigenvalue weighted by molar-refractivity contribution is 5.84. The summed E-state index contributed by atoms with van der Waals surface area (Å²) in [5.41, 5.74) is 1.53. The van der Waals surface area contributed by atoms with Crippen molar-refractivity contribution in [3.05, 3.63) is 64.6 Å². The fourth-order valence-corrected chi connectivity index (χ4v) is 2.84. The number of amides is 2. The van der Waals surface area contributed by atoms with Gasteiger partial charge in [-0.2, -0.15) is 0 Å². The molecule has 8 nitrogen and oxygen atoms in total. The second kappa shape index (κ2) is 8.98. The normalized spacial score (nSPS) is 10.8. The molecule has 28 heavy (non-hydrogen) atoms. The summed E-state index contributed by atoms with van der Waals surface area (Å²) in [6.45, 7) is 2.47. The van der Waals surface area contributed by atoms with Crippen molar-refractivity contribution in [2.24, 2.45) is 0 Å². The largest absolute Gasteiger partial charge is 0.467 e.